The van der Waals surface area contributed by atoms with Gasteiger partial charge in [0.15, 0.2) is 0 Å². The summed E-state index contributed by atoms with van der Waals surface area (Å²) in [6, 6.07) is -2.41. The van der Waals surface area contributed by atoms with Crippen LogP contribution in [0.25, 0.3) is 0 Å². The monoisotopic (exact) mass is 370 g/mol. The normalized spacial score (nSPS) is 32.2. The van der Waals surface area contributed by atoms with Gasteiger partial charge in [-0.2, -0.15) is 0 Å². The Hall–Kier alpha value is -2.72. The van der Waals surface area contributed by atoms with Crippen molar-refractivity contribution in [2.24, 2.45) is 11.5 Å². The van der Waals surface area contributed by atoms with Crippen molar-refractivity contribution in [2.75, 3.05) is 13.2 Å². The number of carbonyl (C=O) groups is 4. The maximum atomic E-state index is 11.8. The standard InChI is InChI=1S/C16H22N2O8/c1-9-13(17)15(21)23-7-4-6-12(20)26-10(2)14(18)16(22)24-8-3-5-11(19)25-9/h3-6,9-10,13-14H,7-8,17-18H2,1-2H3/b5-3+,6-4+/t9?,10?,13-,14-/m0/s1. The van der Waals surface area contributed by atoms with E-state index in [0.717, 1.165) is 12.2 Å². The van der Waals surface area contributed by atoms with Gasteiger partial charge in [-0.3, -0.25) is 9.59 Å². The number of hydrogen-bond donors (Lipinski definition) is 2. The minimum Gasteiger partial charge on any atom is -0.460 e. The molecule has 1 aliphatic rings. The van der Waals surface area contributed by atoms with E-state index in [9.17, 15) is 19.2 Å². The van der Waals surface area contributed by atoms with Crippen molar-refractivity contribution in [1.82, 2.24) is 0 Å². The van der Waals surface area contributed by atoms with Gasteiger partial charge < -0.3 is 30.4 Å². The lowest BCUT2D eigenvalue weighted by atomic mass is 10.2. The Morgan fingerprint density at radius 3 is 1.46 bits per heavy atom. The topological polar surface area (TPSA) is 157 Å². The molecule has 4 atom stereocenters. The Morgan fingerprint density at radius 1 is 0.769 bits per heavy atom. The number of esters is 4. The van der Waals surface area contributed by atoms with Crippen molar-refractivity contribution in [2.45, 2.75) is 38.1 Å². The first-order valence-corrected chi connectivity index (χ1v) is 7.81. The first kappa shape index (κ1) is 21.3. The van der Waals surface area contributed by atoms with Gasteiger partial charge in [0.05, 0.1) is 0 Å². The zero-order valence-corrected chi connectivity index (χ0v) is 14.5. The Balaban J connectivity index is 2.84. The SMILES string of the molecule is CC1OC(=O)/C=C/COC(=O)[C@@H](N)C(C)OC(=O)/C=C/COC(=O)[C@H]1N. The molecule has 0 aromatic rings. The van der Waals surface area contributed by atoms with Gasteiger partial charge in [-0.1, -0.05) is 0 Å². The molecule has 2 unspecified atom stereocenters. The molecule has 0 saturated heterocycles. The highest BCUT2D eigenvalue weighted by molar-refractivity contribution is 5.84. The van der Waals surface area contributed by atoms with Gasteiger partial charge in [0.25, 0.3) is 0 Å². The lowest BCUT2D eigenvalue weighted by molar-refractivity contribution is -0.155. The zero-order chi connectivity index (χ0) is 19.7. The molecule has 0 saturated carbocycles. The number of cyclic esters (lactones) is 4. The van der Waals surface area contributed by atoms with E-state index in [1.807, 2.05) is 0 Å². The van der Waals surface area contributed by atoms with Crippen LogP contribution >= 0.6 is 0 Å². The largest absolute Gasteiger partial charge is 0.460 e. The van der Waals surface area contributed by atoms with Gasteiger partial charge in [-0.15, -0.1) is 0 Å². The molecule has 0 aromatic carbocycles. The van der Waals surface area contributed by atoms with Crippen LogP contribution in [0.4, 0.5) is 0 Å². The van der Waals surface area contributed by atoms with Crippen LogP contribution in [0.3, 0.4) is 0 Å². The van der Waals surface area contributed by atoms with Gasteiger partial charge in [0.1, 0.15) is 37.5 Å². The molecule has 0 aliphatic carbocycles. The maximum Gasteiger partial charge on any atom is 0.330 e. The van der Waals surface area contributed by atoms with Crippen molar-refractivity contribution in [3.05, 3.63) is 24.3 Å². The quantitative estimate of drug-likeness (QED) is 0.388. The first-order chi connectivity index (χ1) is 12.2. The van der Waals surface area contributed by atoms with Crippen LogP contribution in [0.2, 0.25) is 0 Å². The summed E-state index contributed by atoms with van der Waals surface area (Å²) in [6.07, 6.45) is 2.58. The second-order valence-electron chi connectivity index (χ2n) is 5.40. The average molecular weight is 370 g/mol. The third-order valence-electron chi connectivity index (χ3n) is 3.31. The molecular formula is C16H22N2O8. The molecule has 1 rings (SSSR count). The van der Waals surface area contributed by atoms with Crippen LogP contribution in [0, 0.1) is 0 Å². The third kappa shape index (κ3) is 7.03. The lowest BCUT2D eigenvalue weighted by Crippen LogP contribution is -2.44. The van der Waals surface area contributed by atoms with Crippen LogP contribution in [0.1, 0.15) is 13.8 Å². The molecule has 144 valence electrons. The summed E-state index contributed by atoms with van der Waals surface area (Å²) >= 11 is 0. The number of carbonyl (C=O) groups excluding carboxylic acids is 4. The summed E-state index contributed by atoms with van der Waals surface area (Å²) in [7, 11) is 0. The summed E-state index contributed by atoms with van der Waals surface area (Å²) in [5.41, 5.74) is 11.3. The molecule has 1 aliphatic heterocycles. The summed E-state index contributed by atoms with van der Waals surface area (Å²) in [5, 5.41) is 0. The number of ether oxygens (including phenoxy) is 4. The Kier molecular flexibility index (Phi) is 8.46. The fourth-order valence-electron chi connectivity index (χ4n) is 1.72. The summed E-state index contributed by atoms with van der Waals surface area (Å²) in [4.78, 5) is 46.8. The molecular weight excluding hydrogens is 348 g/mol. The van der Waals surface area contributed by atoms with Crippen molar-refractivity contribution < 1.29 is 38.1 Å². The van der Waals surface area contributed by atoms with Gasteiger partial charge in [-0.25, -0.2) is 9.59 Å². The molecule has 10 nitrogen and oxygen atoms in total. The van der Waals surface area contributed by atoms with Crippen molar-refractivity contribution >= 4 is 23.9 Å². The van der Waals surface area contributed by atoms with Crippen molar-refractivity contribution in [3.8, 4) is 0 Å². The smallest absolute Gasteiger partial charge is 0.330 e. The lowest BCUT2D eigenvalue weighted by Gasteiger charge is -2.19. The van der Waals surface area contributed by atoms with Gasteiger partial charge >= 0.3 is 23.9 Å². The first-order valence-electron chi connectivity index (χ1n) is 7.81. The fraction of sp³-hybridized carbons (Fsp3) is 0.500. The molecule has 1 heterocycles. The molecule has 4 N–H and O–H groups in total. The summed E-state index contributed by atoms with van der Waals surface area (Å²) in [6.45, 7) is 2.35. The minimum atomic E-state index is -1.21. The predicted octanol–water partition coefficient (Wildman–Crippen LogP) is -1.28. The van der Waals surface area contributed by atoms with E-state index < -0.39 is 48.2 Å². The molecule has 0 bridgehead atoms. The van der Waals surface area contributed by atoms with Crippen LogP contribution < -0.4 is 11.5 Å². The van der Waals surface area contributed by atoms with Crippen LogP contribution in [-0.4, -0.2) is 61.4 Å². The fourth-order valence-corrected chi connectivity index (χ4v) is 1.72. The minimum absolute atomic E-state index is 0.245. The Labute approximate surface area is 150 Å². The predicted molar refractivity (Wildman–Crippen MR) is 87.3 cm³/mol. The van der Waals surface area contributed by atoms with E-state index in [2.05, 4.69) is 0 Å². The average Bonchev–Trinajstić information content (AvgIpc) is 2.59. The molecule has 0 spiro atoms. The van der Waals surface area contributed by atoms with Gasteiger partial charge in [0.2, 0.25) is 0 Å². The number of nitrogens with two attached hydrogens (primary N) is 2. The Bertz CT molecular complexity index is 549. The van der Waals surface area contributed by atoms with E-state index in [0.29, 0.717) is 0 Å². The summed E-state index contributed by atoms with van der Waals surface area (Å²) < 4.78 is 19.6. The van der Waals surface area contributed by atoms with E-state index in [1.165, 1.54) is 26.0 Å². The number of hydrogen-bond acceptors (Lipinski definition) is 10. The maximum absolute atomic E-state index is 11.8. The third-order valence-corrected chi connectivity index (χ3v) is 3.31. The second-order valence-corrected chi connectivity index (χ2v) is 5.40. The molecule has 0 fully saturated rings. The van der Waals surface area contributed by atoms with Crippen LogP contribution in [0.5, 0.6) is 0 Å². The van der Waals surface area contributed by atoms with E-state index in [1.54, 1.807) is 0 Å². The van der Waals surface area contributed by atoms with Crippen LogP contribution in [-0.2, 0) is 38.1 Å². The molecule has 0 radical (unpaired) electrons. The molecule has 0 aromatic heterocycles. The molecule has 10 heteroatoms. The highest BCUT2D eigenvalue weighted by Crippen LogP contribution is 2.03. The molecule has 26 heavy (non-hydrogen) atoms. The highest BCUT2D eigenvalue weighted by Gasteiger charge is 2.26. The van der Waals surface area contributed by atoms with E-state index >= 15 is 0 Å². The van der Waals surface area contributed by atoms with Crippen molar-refractivity contribution in [1.29, 1.82) is 0 Å². The molecule has 0 amide bonds. The van der Waals surface area contributed by atoms with Gasteiger partial charge in [-0.05, 0) is 26.0 Å². The van der Waals surface area contributed by atoms with E-state index in [-0.39, 0.29) is 13.2 Å². The van der Waals surface area contributed by atoms with E-state index in [4.69, 9.17) is 30.4 Å². The van der Waals surface area contributed by atoms with Gasteiger partial charge in [0, 0.05) is 12.2 Å². The zero-order valence-electron chi connectivity index (χ0n) is 14.5. The second kappa shape index (κ2) is 10.3. The Morgan fingerprint density at radius 2 is 1.12 bits per heavy atom. The summed E-state index contributed by atoms with van der Waals surface area (Å²) in [5.74, 6) is -3.16. The highest BCUT2D eigenvalue weighted by atomic mass is 16.6. The van der Waals surface area contributed by atoms with Crippen LogP contribution in [0.15, 0.2) is 24.3 Å². The number of rotatable bonds is 0. The van der Waals surface area contributed by atoms with Crippen molar-refractivity contribution in [3.63, 3.8) is 0 Å².